The average molecular weight is 200 g/mol. The van der Waals surface area contributed by atoms with Crippen molar-refractivity contribution in [3.05, 3.63) is 0 Å². The molecule has 0 spiro atoms. The summed E-state index contributed by atoms with van der Waals surface area (Å²) in [5.74, 6) is 1.18. The van der Waals surface area contributed by atoms with Crippen LogP contribution >= 0.6 is 0 Å². The SMILES string of the molecule is CCO[C@H]1CO[C@H]2[C@@H]1OC[C@H]2C(C)C. The smallest absolute Gasteiger partial charge is 0.112 e. The van der Waals surface area contributed by atoms with Crippen molar-refractivity contribution in [1.29, 1.82) is 0 Å². The molecule has 0 aromatic carbocycles. The maximum Gasteiger partial charge on any atom is 0.112 e. The first kappa shape index (κ1) is 10.4. The van der Waals surface area contributed by atoms with Crippen molar-refractivity contribution in [3.63, 3.8) is 0 Å². The Kier molecular flexibility index (Phi) is 3.10. The predicted octanol–water partition coefficient (Wildman–Crippen LogP) is 1.46. The molecule has 0 radical (unpaired) electrons. The average Bonchev–Trinajstić information content (AvgIpc) is 2.67. The van der Waals surface area contributed by atoms with Crippen LogP contribution in [0.4, 0.5) is 0 Å². The zero-order valence-electron chi connectivity index (χ0n) is 9.23. The van der Waals surface area contributed by atoms with E-state index in [4.69, 9.17) is 14.2 Å². The molecule has 2 rings (SSSR count). The van der Waals surface area contributed by atoms with Crippen LogP contribution in [0, 0.1) is 11.8 Å². The first-order valence-corrected chi connectivity index (χ1v) is 5.58. The maximum atomic E-state index is 5.77. The van der Waals surface area contributed by atoms with Crippen molar-refractivity contribution in [2.24, 2.45) is 11.8 Å². The second kappa shape index (κ2) is 4.17. The molecule has 4 atom stereocenters. The number of hydrogen-bond acceptors (Lipinski definition) is 3. The fraction of sp³-hybridized carbons (Fsp3) is 1.00. The van der Waals surface area contributed by atoms with E-state index in [9.17, 15) is 0 Å². The Bertz CT molecular complexity index is 193. The van der Waals surface area contributed by atoms with E-state index in [2.05, 4.69) is 13.8 Å². The number of rotatable bonds is 3. The lowest BCUT2D eigenvalue weighted by Gasteiger charge is -2.19. The maximum absolute atomic E-state index is 5.77. The Labute approximate surface area is 85.7 Å². The molecule has 2 heterocycles. The Morgan fingerprint density at radius 3 is 2.57 bits per heavy atom. The van der Waals surface area contributed by atoms with Gasteiger partial charge in [0.2, 0.25) is 0 Å². The van der Waals surface area contributed by atoms with Crippen LogP contribution in [-0.4, -0.2) is 38.1 Å². The normalized spacial score (nSPS) is 42.0. The van der Waals surface area contributed by atoms with Gasteiger partial charge in [-0.05, 0) is 12.8 Å². The second-order valence-electron chi connectivity index (χ2n) is 4.50. The van der Waals surface area contributed by atoms with Crippen LogP contribution in [0.25, 0.3) is 0 Å². The van der Waals surface area contributed by atoms with Gasteiger partial charge in [-0.25, -0.2) is 0 Å². The molecule has 0 N–H and O–H groups in total. The first-order valence-electron chi connectivity index (χ1n) is 5.58. The van der Waals surface area contributed by atoms with Crippen molar-refractivity contribution in [3.8, 4) is 0 Å². The lowest BCUT2D eigenvalue weighted by Crippen LogP contribution is -2.32. The molecule has 2 fully saturated rings. The summed E-state index contributed by atoms with van der Waals surface area (Å²) in [6, 6.07) is 0. The number of ether oxygens (including phenoxy) is 3. The van der Waals surface area contributed by atoms with Gasteiger partial charge < -0.3 is 14.2 Å². The van der Waals surface area contributed by atoms with E-state index in [1.807, 2.05) is 6.92 Å². The van der Waals surface area contributed by atoms with E-state index in [1.165, 1.54) is 0 Å². The quantitative estimate of drug-likeness (QED) is 0.690. The molecule has 82 valence electrons. The summed E-state index contributed by atoms with van der Waals surface area (Å²) in [5, 5.41) is 0. The molecule has 0 aliphatic carbocycles. The van der Waals surface area contributed by atoms with Gasteiger partial charge in [0.15, 0.2) is 0 Å². The molecular weight excluding hydrogens is 180 g/mol. The third kappa shape index (κ3) is 1.69. The fourth-order valence-corrected chi connectivity index (χ4v) is 2.42. The molecule has 3 nitrogen and oxygen atoms in total. The minimum atomic E-state index is 0.161. The summed E-state index contributed by atoms with van der Waals surface area (Å²) >= 11 is 0. The van der Waals surface area contributed by atoms with Crippen molar-refractivity contribution in [2.45, 2.75) is 39.1 Å². The monoisotopic (exact) mass is 200 g/mol. The summed E-state index contributed by atoms with van der Waals surface area (Å²) in [6.07, 6.45) is 0.614. The highest BCUT2D eigenvalue weighted by molar-refractivity contribution is 4.95. The molecule has 2 aliphatic heterocycles. The van der Waals surface area contributed by atoms with Crippen LogP contribution in [0.2, 0.25) is 0 Å². The van der Waals surface area contributed by atoms with E-state index < -0.39 is 0 Å². The lowest BCUT2D eigenvalue weighted by molar-refractivity contribution is -0.0287. The summed E-state index contributed by atoms with van der Waals surface area (Å²) in [4.78, 5) is 0. The molecule has 0 bridgehead atoms. The van der Waals surface area contributed by atoms with Gasteiger partial charge in [0.25, 0.3) is 0 Å². The summed E-state index contributed by atoms with van der Waals surface area (Å²) < 4.78 is 17.1. The van der Waals surface area contributed by atoms with Gasteiger partial charge in [0.05, 0.1) is 19.3 Å². The molecule has 0 amide bonds. The van der Waals surface area contributed by atoms with Crippen LogP contribution in [0.15, 0.2) is 0 Å². The van der Waals surface area contributed by atoms with Gasteiger partial charge >= 0.3 is 0 Å². The first-order chi connectivity index (χ1) is 6.74. The van der Waals surface area contributed by atoms with Crippen LogP contribution in [0.3, 0.4) is 0 Å². The van der Waals surface area contributed by atoms with Gasteiger partial charge in [0.1, 0.15) is 12.2 Å². The van der Waals surface area contributed by atoms with Crippen LogP contribution in [0.1, 0.15) is 20.8 Å². The van der Waals surface area contributed by atoms with Crippen molar-refractivity contribution >= 4 is 0 Å². The minimum absolute atomic E-state index is 0.161. The summed E-state index contributed by atoms with van der Waals surface area (Å²) in [7, 11) is 0. The highest BCUT2D eigenvalue weighted by Crippen LogP contribution is 2.36. The molecular formula is C11H20O3. The van der Waals surface area contributed by atoms with Gasteiger partial charge in [-0.15, -0.1) is 0 Å². The summed E-state index contributed by atoms with van der Waals surface area (Å²) in [5.41, 5.74) is 0. The van der Waals surface area contributed by atoms with Crippen LogP contribution in [-0.2, 0) is 14.2 Å². The Morgan fingerprint density at radius 1 is 1.21 bits per heavy atom. The van der Waals surface area contributed by atoms with E-state index in [0.29, 0.717) is 18.4 Å². The standard InChI is InChI=1S/C11H20O3/c1-4-12-9-6-14-10-8(7(2)3)5-13-11(9)10/h7-11H,4-6H2,1-3H3/t8-,9-,10+,11+/m0/s1. The molecule has 0 aromatic rings. The number of hydrogen-bond donors (Lipinski definition) is 0. The third-order valence-corrected chi connectivity index (χ3v) is 3.28. The predicted molar refractivity (Wildman–Crippen MR) is 53.2 cm³/mol. The third-order valence-electron chi connectivity index (χ3n) is 3.28. The highest BCUT2D eigenvalue weighted by Gasteiger charge is 2.48. The zero-order valence-corrected chi connectivity index (χ0v) is 9.23. The fourth-order valence-electron chi connectivity index (χ4n) is 2.42. The molecule has 0 unspecified atom stereocenters. The molecule has 2 aliphatic rings. The topological polar surface area (TPSA) is 27.7 Å². The minimum Gasteiger partial charge on any atom is -0.373 e. The molecule has 2 saturated heterocycles. The Hall–Kier alpha value is -0.120. The van der Waals surface area contributed by atoms with E-state index >= 15 is 0 Å². The van der Waals surface area contributed by atoms with E-state index in [1.54, 1.807) is 0 Å². The Morgan fingerprint density at radius 2 is 1.93 bits per heavy atom. The highest BCUT2D eigenvalue weighted by atomic mass is 16.6. The summed E-state index contributed by atoms with van der Waals surface area (Å²) in [6.45, 7) is 8.75. The van der Waals surface area contributed by atoms with Gasteiger partial charge in [-0.2, -0.15) is 0 Å². The number of fused-ring (bicyclic) bond motifs is 1. The largest absolute Gasteiger partial charge is 0.373 e. The van der Waals surface area contributed by atoms with Crippen molar-refractivity contribution < 1.29 is 14.2 Å². The van der Waals surface area contributed by atoms with Crippen molar-refractivity contribution in [1.82, 2.24) is 0 Å². The van der Waals surface area contributed by atoms with Crippen LogP contribution in [0.5, 0.6) is 0 Å². The lowest BCUT2D eigenvalue weighted by atomic mass is 9.90. The van der Waals surface area contributed by atoms with E-state index in [-0.39, 0.29) is 18.3 Å². The van der Waals surface area contributed by atoms with Gasteiger partial charge in [-0.1, -0.05) is 13.8 Å². The van der Waals surface area contributed by atoms with E-state index in [0.717, 1.165) is 13.2 Å². The van der Waals surface area contributed by atoms with Gasteiger partial charge in [-0.3, -0.25) is 0 Å². The Balaban J connectivity index is 1.97. The molecule has 14 heavy (non-hydrogen) atoms. The van der Waals surface area contributed by atoms with Crippen LogP contribution < -0.4 is 0 Å². The zero-order chi connectivity index (χ0) is 10.1. The molecule has 0 saturated carbocycles. The van der Waals surface area contributed by atoms with Gasteiger partial charge in [0, 0.05) is 12.5 Å². The molecule has 0 aromatic heterocycles. The van der Waals surface area contributed by atoms with Crippen molar-refractivity contribution in [2.75, 3.05) is 19.8 Å². The molecule has 3 heteroatoms. The second-order valence-corrected chi connectivity index (χ2v) is 4.50.